The third kappa shape index (κ3) is 5.31. The Labute approximate surface area is 127 Å². The second kappa shape index (κ2) is 5.54. The Kier molecular flexibility index (Phi) is 4.79. The molecular weight excluding hydrogens is 240 g/mol. The molecule has 0 aliphatic rings. The van der Waals surface area contributed by atoms with Crippen LogP contribution < -0.4 is 0 Å². The SMILES string of the molecule is CC(C)(C)Cc1cccc(CC(C)(C)C)c1C(C)(C)C. The zero-order valence-electron chi connectivity index (χ0n) is 15.1. The van der Waals surface area contributed by atoms with Crippen molar-refractivity contribution < 1.29 is 0 Å². The van der Waals surface area contributed by atoms with E-state index in [0.29, 0.717) is 10.8 Å². The average molecular weight is 274 g/mol. The maximum absolute atomic E-state index is 2.35. The third-order valence-corrected chi connectivity index (χ3v) is 3.43. The highest BCUT2D eigenvalue weighted by Gasteiger charge is 2.25. The molecule has 0 aliphatic carbocycles. The highest BCUT2D eigenvalue weighted by Crippen LogP contribution is 2.35. The van der Waals surface area contributed by atoms with Gasteiger partial charge < -0.3 is 0 Å². The smallest absolute Gasteiger partial charge is 0.0126 e. The van der Waals surface area contributed by atoms with Gasteiger partial charge in [-0.25, -0.2) is 0 Å². The first kappa shape index (κ1) is 17.3. The van der Waals surface area contributed by atoms with Crippen molar-refractivity contribution in [3.63, 3.8) is 0 Å². The lowest BCUT2D eigenvalue weighted by molar-refractivity contribution is 0.396. The van der Waals surface area contributed by atoms with Crippen molar-refractivity contribution in [2.45, 2.75) is 80.6 Å². The van der Waals surface area contributed by atoms with Crippen LogP contribution in [0.3, 0.4) is 0 Å². The molecule has 1 aromatic carbocycles. The van der Waals surface area contributed by atoms with Crippen LogP contribution in [0, 0.1) is 10.8 Å². The molecule has 0 radical (unpaired) electrons. The molecule has 0 heterocycles. The average Bonchev–Trinajstić information content (AvgIpc) is 2.09. The van der Waals surface area contributed by atoms with Gasteiger partial charge in [-0.2, -0.15) is 0 Å². The van der Waals surface area contributed by atoms with Crippen molar-refractivity contribution in [2.24, 2.45) is 10.8 Å². The van der Waals surface area contributed by atoms with E-state index in [1.54, 1.807) is 5.56 Å². The Balaban J connectivity index is 3.36. The van der Waals surface area contributed by atoms with E-state index in [-0.39, 0.29) is 5.41 Å². The Morgan fingerprint density at radius 2 is 1.00 bits per heavy atom. The van der Waals surface area contributed by atoms with E-state index in [0.717, 1.165) is 12.8 Å². The minimum atomic E-state index is 0.211. The van der Waals surface area contributed by atoms with Gasteiger partial charge in [0.1, 0.15) is 0 Å². The summed E-state index contributed by atoms with van der Waals surface area (Å²) in [7, 11) is 0. The van der Waals surface area contributed by atoms with E-state index in [9.17, 15) is 0 Å². The van der Waals surface area contributed by atoms with Crippen LogP contribution in [-0.2, 0) is 18.3 Å². The Morgan fingerprint density at radius 3 is 1.25 bits per heavy atom. The van der Waals surface area contributed by atoms with Crippen LogP contribution in [0.2, 0.25) is 0 Å². The van der Waals surface area contributed by atoms with Gasteiger partial charge in [0.15, 0.2) is 0 Å². The number of rotatable bonds is 2. The molecule has 0 spiro atoms. The molecule has 0 amide bonds. The van der Waals surface area contributed by atoms with Crippen molar-refractivity contribution >= 4 is 0 Å². The van der Waals surface area contributed by atoms with Gasteiger partial charge in [0.05, 0.1) is 0 Å². The summed E-state index contributed by atoms with van der Waals surface area (Å²) in [5.74, 6) is 0. The van der Waals surface area contributed by atoms with Crippen LogP contribution in [0.5, 0.6) is 0 Å². The zero-order valence-corrected chi connectivity index (χ0v) is 15.1. The first-order valence-electron chi connectivity index (χ1n) is 7.91. The summed E-state index contributed by atoms with van der Waals surface area (Å²) in [6, 6.07) is 6.91. The first-order chi connectivity index (χ1) is 8.80. The fourth-order valence-electron chi connectivity index (χ4n) is 3.05. The molecule has 0 aliphatic heterocycles. The van der Waals surface area contributed by atoms with Gasteiger partial charge in [0.25, 0.3) is 0 Å². The molecule has 0 aromatic heterocycles. The molecule has 20 heavy (non-hydrogen) atoms. The Morgan fingerprint density at radius 1 is 0.650 bits per heavy atom. The van der Waals surface area contributed by atoms with Crippen molar-refractivity contribution in [1.29, 1.82) is 0 Å². The predicted molar refractivity (Wildman–Crippen MR) is 91.5 cm³/mol. The topological polar surface area (TPSA) is 0 Å². The van der Waals surface area contributed by atoms with Crippen LogP contribution >= 0.6 is 0 Å². The highest BCUT2D eigenvalue weighted by molar-refractivity contribution is 5.41. The third-order valence-electron chi connectivity index (χ3n) is 3.43. The van der Waals surface area contributed by atoms with E-state index >= 15 is 0 Å². The maximum atomic E-state index is 2.35. The van der Waals surface area contributed by atoms with Crippen LogP contribution in [0.15, 0.2) is 18.2 Å². The van der Waals surface area contributed by atoms with Crippen molar-refractivity contribution in [3.8, 4) is 0 Å². The predicted octanol–water partition coefficient (Wildman–Crippen LogP) is 6.16. The van der Waals surface area contributed by atoms with Gasteiger partial charge in [0.2, 0.25) is 0 Å². The summed E-state index contributed by atoms with van der Waals surface area (Å²) < 4.78 is 0. The van der Waals surface area contributed by atoms with E-state index in [2.05, 4.69) is 80.5 Å². The first-order valence-corrected chi connectivity index (χ1v) is 7.91. The van der Waals surface area contributed by atoms with E-state index in [4.69, 9.17) is 0 Å². The van der Waals surface area contributed by atoms with Gasteiger partial charge >= 0.3 is 0 Å². The minimum absolute atomic E-state index is 0.211. The summed E-state index contributed by atoms with van der Waals surface area (Å²) >= 11 is 0. The van der Waals surface area contributed by atoms with E-state index in [1.165, 1.54) is 11.1 Å². The molecule has 1 rings (SSSR count). The van der Waals surface area contributed by atoms with E-state index in [1.807, 2.05) is 0 Å². The minimum Gasteiger partial charge on any atom is -0.0617 e. The monoisotopic (exact) mass is 274 g/mol. The lowest BCUT2D eigenvalue weighted by atomic mass is 9.73. The van der Waals surface area contributed by atoms with Crippen LogP contribution in [-0.4, -0.2) is 0 Å². The summed E-state index contributed by atoms with van der Waals surface area (Å²) in [6.07, 6.45) is 2.30. The zero-order chi connectivity index (χ0) is 15.8. The summed E-state index contributed by atoms with van der Waals surface area (Å²) in [5.41, 5.74) is 5.52. The fourth-order valence-corrected chi connectivity index (χ4v) is 3.05. The van der Waals surface area contributed by atoms with E-state index < -0.39 is 0 Å². The van der Waals surface area contributed by atoms with Gasteiger partial charge in [-0.3, -0.25) is 0 Å². The molecule has 0 nitrogen and oxygen atoms in total. The second-order valence-corrected chi connectivity index (χ2v) is 9.68. The molecule has 1 aromatic rings. The van der Waals surface area contributed by atoms with Gasteiger partial charge in [-0.1, -0.05) is 80.5 Å². The summed E-state index contributed by atoms with van der Waals surface area (Å²) in [4.78, 5) is 0. The number of benzene rings is 1. The molecule has 0 heteroatoms. The quantitative estimate of drug-likeness (QED) is 0.605. The van der Waals surface area contributed by atoms with Crippen LogP contribution in [0.1, 0.15) is 79.0 Å². The maximum Gasteiger partial charge on any atom is -0.0126 e. The van der Waals surface area contributed by atoms with Crippen molar-refractivity contribution in [2.75, 3.05) is 0 Å². The molecule has 0 unspecified atom stereocenters. The lowest BCUT2D eigenvalue weighted by Crippen LogP contribution is -2.22. The van der Waals surface area contributed by atoms with Crippen molar-refractivity contribution in [1.82, 2.24) is 0 Å². The van der Waals surface area contributed by atoms with Crippen molar-refractivity contribution in [3.05, 3.63) is 34.9 Å². The molecule has 0 N–H and O–H groups in total. The molecule has 0 atom stereocenters. The standard InChI is InChI=1S/C20H34/c1-18(2,3)13-15-11-10-12-16(14-19(4,5)6)17(15)20(7,8)9/h10-12H,13-14H2,1-9H3. The normalized spacial score (nSPS) is 13.7. The molecule has 114 valence electrons. The molecule has 0 saturated carbocycles. The fraction of sp³-hybridized carbons (Fsp3) is 0.700. The molecule has 0 fully saturated rings. The van der Waals surface area contributed by atoms with Gasteiger partial charge in [-0.15, -0.1) is 0 Å². The van der Waals surface area contributed by atoms with Crippen LogP contribution in [0.4, 0.5) is 0 Å². The highest BCUT2D eigenvalue weighted by atomic mass is 14.3. The van der Waals surface area contributed by atoms with Gasteiger partial charge in [-0.05, 0) is 45.8 Å². The number of hydrogen-bond donors (Lipinski definition) is 0. The van der Waals surface area contributed by atoms with Crippen LogP contribution in [0.25, 0.3) is 0 Å². The molecule has 0 bridgehead atoms. The number of hydrogen-bond acceptors (Lipinski definition) is 0. The molecule has 0 saturated heterocycles. The largest absolute Gasteiger partial charge is 0.0617 e. The van der Waals surface area contributed by atoms with Gasteiger partial charge in [0, 0.05) is 0 Å². The lowest BCUT2D eigenvalue weighted by Gasteiger charge is -2.31. The Bertz CT molecular complexity index is 410. The second-order valence-electron chi connectivity index (χ2n) is 9.68. The summed E-state index contributed by atoms with van der Waals surface area (Å²) in [5, 5.41) is 0. The molecular formula is C20H34. The summed E-state index contributed by atoms with van der Waals surface area (Å²) in [6.45, 7) is 21.0. The Hall–Kier alpha value is -0.780.